The first-order valence-electron chi connectivity index (χ1n) is 8.91. The molecule has 5 heteroatoms. The lowest BCUT2D eigenvalue weighted by molar-refractivity contribution is -0.136. The summed E-state index contributed by atoms with van der Waals surface area (Å²) < 4.78 is 0. The topological polar surface area (TPSA) is 65.5 Å². The van der Waals surface area contributed by atoms with Crippen molar-refractivity contribution in [1.82, 2.24) is 4.98 Å². The highest BCUT2D eigenvalue weighted by Crippen LogP contribution is 2.24. The minimum Gasteiger partial charge on any atom is -0.481 e. The largest absolute Gasteiger partial charge is 0.481 e. The van der Waals surface area contributed by atoms with Crippen molar-refractivity contribution in [3.63, 3.8) is 0 Å². The van der Waals surface area contributed by atoms with Gasteiger partial charge in [-0.3, -0.25) is 4.79 Å². The second-order valence-electron chi connectivity index (χ2n) is 6.59. The smallest absolute Gasteiger partial charge is 0.303 e. The van der Waals surface area contributed by atoms with Gasteiger partial charge >= 0.3 is 5.97 Å². The Balaban J connectivity index is 1.44. The fourth-order valence-corrected chi connectivity index (χ4v) is 3.24. The molecule has 2 heterocycles. The minimum absolute atomic E-state index is 0.189. The highest BCUT2D eigenvalue weighted by Gasteiger charge is 2.19. The molecule has 1 fully saturated rings. The van der Waals surface area contributed by atoms with Crippen molar-refractivity contribution in [1.29, 1.82) is 0 Å². The van der Waals surface area contributed by atoms with E-state index in [9.17, 15) is 4.79 Å². The molecular formula is C20H25N3O2. The highest BCUT2D eigenvalue weighted by molar-refractivity contribution is 5.67. The van der Waals surface area contributed by atoms with Crippen molar-refractivity contribution in [2.45, 2.75) is 25.7 Å². The zero-order valence-corrected chi connectivity index (χ0v) is 14.4. The van der Waals surface area contributed by atoms with Crippen LogP contribution in [0.2, 0.25) is 0 Å². The molecule has 0 aliphatic carbocycles. The van der Waals surface area contributed by atoms with Crippen LogP contribution in [-0.2, 0) is 11.2 Å². The summed E-state index contributed by atoms with van der Waals surface area (Å²) in [6, 6.07) is 14.3. The molecule has 0 bridgehead atoms. The summed E-state index contributed by atoms with van der Waals surface area (Å²) in [5.74, 6) is 0.875. The van der Waals surface area contributed by atoms with Crippen LogP contribution < -0.4 is 10.2 Å². The third kappa shape index (κ3) is 5.21. The molecule has 0 amide bonds. The van der Waals surface area contributed by atoms with Gasteiger partial charge in [0.2, 0.25) is 0 Å². The molecule has 1 aromatic heterocycles. The zero-order chi connectivity index (χ0) is 17.5. The fraction of sp³-hybridized carbons (Fsp3) is 0.400. The van der Waals surface area contributed by atoms with Gasteiger partial charge in [0, 0.05) is 37.9 Å². The maximum atomic E-state index is 10.6. The van der Waals surface area contributed by atoms with Gasteiger partial charge in [-0.05, 0) is 55.0 Å². The molecule has 0 unspecified atom stereocenters. The van der Waals surface area contributed by atoms with E-state index in [1.165, 1.54) is 18.5 Å². The number of aliphatic carboxylic acids is 1. The molecule has 25 heavy (non-hydrogen) atoms. The maximum Gasteiger partial charge on any atom is 0.303 e. The van der Waals surface area contributed by atoms with E-state index in [1.807, 2.05) is 36.5 Å². The molecule has 3 rings (SSSR count). The number of aromatic nitrogens is 1. The Morgan fingerprint density at radius 2 is 1.92 bits per heavy atom. The first-order valence-corrected chi connectivity index (χ1v) is 8.91. The van der Waals surface area contributed by atoms with Crippen LogP contribution in [0.25, 0.3) is 0 Å². The summed E-state index contributed by atoms with van der Waals surface area (Å²) in [4.78, 5) is 17.4. The van der Waals surface area contributed by atoms with Gasteiger partial charge < -0.3 is 15.3 Å². The van der Waals surface area contributed by atoms with Gasteiger partial charge in [0.05, 0.1) is 0 Å². The van der Waals surface area contributed by atoms with E-state index in [2.05, 4.69) is 27.3 Å². The Morgan fingerprint density at radius 1 is 1.16 bits per heavy atom. The molecule has 0 radical (unpaired) electrons. The second-order valence-corrected chi connectivity index (χ2v) is 6.59. The van der Waals surface area contributed by atoms with Crippen LogP contribution in [0.4, 0.5) is 11.5 Å². The summed E-state index contributed by atoms with van der Waals surface area (Å²) in [6.07, 6.45) is 4.93. The number of carboxylic acid groups (broad SMARTS) is 1. The molecule has 1 aromatic carbocycles. The predicted molar refractivity (Wildman–Crippen MR) is 100 cm³/mol. The van der Waals surface area contributed by atoms with Crippen molar-refractivity contribution in [3.8, 4) is 0 Å². The summed E-state index contributed by atoms with van der Waals surface area (Å²) in [5, 5.41) is 12.2. The van der Waals surface area contributed by atoms with Crippen LogP contribution >= 0.6 is 0 Å². The van der Waals surface area contributed by atoms with Crippen LogP contribution in [0.3, 0.4) is 0 Å². The van der Waals surface area contributed by atoms with Crippen LogP contribution in [0.15, 0.2) is 48.7 Å². The zero-order valence-electron chi connectivity index (χ0n) is 14.4. The van der Waals surface area contributed by atoms with E-state index in [0.29, 0.717) is 12.3 Å². The summed E-state index contributed by atoms with van der Waals surface area (Å²) >= 11 is 0. The van der Waals surface area contributed by atoms with Gasteiger partial charge in [-0.25, -0.2) is 4.98 Å². The minimum atomic E-state index is -0.745. The van der Waals surface area contributed by atoms with E-state index in [-0.39, 0.29) is 6.42 Å². The lowest BCUT2D eigenvalue weighted by atomic mass is 9.96. The Hall–Kier alpha value is -2.56. The lowest BCUT2D eigenvalue weighted by Crippen LogP contribution is -2.35. The quantitative estimate of drug-likeness (QED) is 0.809. The second kappa shape index (κ2) is 8.51. The van der Waals surface area contributed by atoms with E-state index < -0.39 is 5.97 Å². The molecule has 0 spiro atoms. The molecule has 5 nitrogen and oxygen atoms in total. The first-order chi connectivity index (χ1) is 12.2. The molecule has 0 atom stereocenters. The molecule has 2 N–H and O–H groups in total. The number of hydrogen-bond acceptors (Lipinski definition) is 4. The van der Waals surface area contributed by atoms with Gasteiger partial charge in [-0.2, -0.15) is 0 Å². The van der Waals surface area contributed by atoms with Crippen LogP contribution in [0.5, 0.6) is 0 Å². The standard InChI is InChI=1S/C20H25N3O2/c24-20(25)9-6-16-4-7-18(8-5-16)23-13-10-17(11-14-23)15-22-19-3-1-2-12-21-19/h1-5,7-8,12,17H,6,9-11,13-15H2,(H,21,22)(H,24,25). The molecule has 2 aromatic rings. The van der Waals surface area contributed by atoms with Crippen LogP contribution in [-0.4, -0.2) is 35.7 Å². The number of benzene rings is 1. The van der Waals surface area contributed by atoms with E-state index >= 15 is 0 Å². The molecule has 0 saturated carbocycles. The van der Waals surface area contributed by atoms with Crippen molar-refractivity contribution >= 4 is 17.5 Å². The van der Waals surface area contributed by atoms with Crippen molar-refractivity contribution < 1.29 is 9.90 Å². The Kier molecular flexibility index (Phi) is 5.88. The number of hydrogen-bond donors (Lipinski definition) is 2. The van der Waals surface area contributed by atoms with Gasteiger partial charge in [-0.1, -0.05) is 18.2 Å². The normalized spacial score (nSPS) is 15.1. The average Bonchev–Trinajstić information content (AvgIpc) is 2.66. The van der Waals surface area contributed by atoms with Gasteiger partial charge in [0.1, 0.15) is 5.82 Å². The van der Waals surface area contributed by atoms with E-state index in [0.717, 1.165) is 31.0 Å². The fourth-order valence-electron chi connectivity index (χ4n) is 3.24. The van der Waals surface area contributed by atoms with Gasteiger partial charge in [-0.15, -0.1) is 0 Å². The molecule has 1 saturated heterocycles. The SMILES string of the molecule is O=C(O)CCc1ccc(N2CCC(CNc3ccccn3)CC2)cc1. The highest BCUT2D eigenvalue weighted by atomic mass is 16.4. The summed E-state index contributed by atoms with van der Waals surface area (Å²) in [5.41, 5.74) is 2.32. The number of carboxylic acids is 1. The molecule has 1 aliphatic rings. The number of nitrogens with zero attached hydrogens (tertiary/aromatic N) is 2. The van der Waals surface area contributed by atoms with Gasteiger partial charge in [0.15, 0.2) is 0 Å². The molecule has 132 valence electrons. The molecular weight excluding hydrogens is 314 g/mol. The first kappa shape index (κ1) is 17.3. The van der Waals surface area contributed by atoms with E-state index in [4.69, 9.17) is 5.11 Å². The van der Waals surface area contributed by atoms with Crippen LogP contribution in [0, 0.1) is 5.92 Å². The van der Waals surface area contributed by atoms with Crippen molar-refractivity contribution in [3.05, 3.63) is 54.2 Å². The third-order valence-electron chi connectivity index (χ3n) is 4.78. The number of nitrogens with one attached hydrogen (secondary N) is 1. The Labute approximate surface area is 148 Å². The monoisotopic (exact) mass is 339 g/mol. The number of carbonyl (C=O) groups is 1. The number of rotatable bonds is 7. The van der Waals surface area contributed by atoms with Crippen molar-refractivity contribution in [2.75, 3.05) is 29.9 Å². The summed E-state index contributed by atoms with van der Waals surface area (Å²) in [7, 11) is 0. The Morgan fingerprint density at radius 3 is 2.56 bits per heavy atom. The summed E-state index contributed by atoms with van der Waals surface area (Å²) in [6.45, 7) is 3.09. The Bertz CT molecular complexity index is 665. The number of pyridine rings is 1. The lowest BCUT2D eigenvalue weighted by Gasteiger charge is -2.33. The molecule has 1 aliphatic heterocycles. The van der Waals surface area contributed by atoms with Gasteiger partial charge in [0.25, 0.3) is 0 Å². The average molecular weight is 339 g/mol. The predicted octanol–water partition coefficient (Wildman–Crippen LogP) is 3.43. The number of anilines is 2. The van der Waals surface area contributed by atoms with Crippen LogP contribution in [0.1, 0.15) is 24.8 Å². The van der Waals surface area contributed by atoms with E-state index in [1.54, 1.807) is 0 Å². The van der Waals surface area contributed by atoms with Crippen molar-refractivity contribution in [2.24, 2.45) is 5.92 Å². The number of aryl methyl sites for hydroxylation is 1. The number of piperidine rings is 1. The third-order valence-corrected chi connectivity index (χ3v) is 4.78. The maximum absolute atomic E-state index is 10.6.